The van der Waals surface area contributed by atoms with Crippen LogP contribution in [-0.4, -0.2) is 0 Å². The Kier molecular flexibility index (Phi) is 10.8. The number of rotatable bonds is 8. The molecular formula is C82H54N2. The van der Waals surface area contributed by atoms with Crippen LogP contribution in [0.15, 0.2) is 328 Å². The summed E-state index contributed by atoms with van der Waals surface area (Å²) in [4.78, 5) is 4.90. The van der Waals surface area contributed by atoms with E-state index in [1.165, 1.54) is 99.4 Å². The highest BCUT2D eigenvalue weighted by atomic mass is 15.1. The quantitative estimate of drug-likeness (QED) is 0.140. The van der Waals surface area contributed by atoms with Crippen molar-refractivity contribution in [1.82, 2.24) is 0 Å². The molecule has 0 atom stereocenters. The van der Waals surface area contributed by atoms with Gasteiger partial charge in [0.2, 0.25) is 0 Å². The predicted molar refractivity (Wildman–Crippen MR) is 350 cm³/mol. The van der Waals surface area contributed by atoms with E-state index >= 15 is 0 Å². The summed E-state index contributed by atoms with van der Waals surface area (Å²) in [6.45, 7) is 0. The van der Waals surface area contributed by atoms with Gasteiger partial charge in [-0.2, -0.15) is 0 Å². The summed E-state index contributed by atoms with van der Waals surface area (Å²) in [6.07, 6.45) is 0. The number of anilines is 6. The van der Waals surface area contributed by atoms with Gasteiger partial charge in [-0.15, -0.1) is 0 Å². The lowest BCUT2D eigenvalue weighted by molar-refractivity contribution is 0.633. The molecule has 17 rings (SSSR count). The van der Waals surface area contributed by atoms with Gasteiger partial charge in [-0.05, 0) is 160 Å². The lowest BCUT2D eigenvalue weighted by atomic mass is 9.52. The Morgan fingerprint density at radius 3 is 0.952 bits per heavy atom. The molecule has 0 radical (unpaired) electrons. The second kappa shape index (κ2) is 18.9. The molecule has 0 N–H and O–H groups in total. The largest absolute Gasteiger partial charge is 0.310 e. The van der Waals surface area contributed by atoms with Crippen molar-refractivity contribution in [3.63, 3.8) is 0 Å². The van der Waals surface area contributed by atoms with Gasteiger partial charge in [-0.25, -0.2) is 0 Å². The van der Waals surface area contributed by atoms with Crippen molar-refractivity contribution in [2.45, 2.75) is 10.8 Å². The monoisotopic (exact) mass is 1070 g/mol. The predicted octanol–water partition coefficient (Wildman–Crippen LogP) is 21.3. The van der Waals surface area contributed by atoms with Crippen molar-refractivity contribution in [2.75, 3.05) is 9.80 Å². The Hall–Kier alpha value is -10.8. The maximum atomic E-state index is 2.55. The minimum absolute atomic E-state index is 0.559. The fourth-order valence-corrected chi connectivity index (χ4v) is 15.2. The van der Waals surface area contributed by atoms with Gasteiger partial charge >= 0.3 is 0 Å². The van der Waals surface area contributed by atoms with Gasteiger partial charge in [0.05, 0.1) is 16.5 Å². The van der Waals surface area contributed by atoms with E-state index in [1.54, 1.807) is 0 Å². The number of benzene rings is 14. The summed E-state index contributed by atoms with van der Waals surface area (Å²) in [5.74, 6) is 0. The average Bonchev–Trinajstić information content (AvgIpc) is 1.55. The number of nitrogens with zero attached hydrogens (tertiary/aromatic N) is 2. The summed E-state index contributed by atoms with van der Waals surface area (Å²) in [5, 5.41) is 4.85. The van der Waals surface area contributed by atoms with Crippen LogP contribution in [0.2, 0.25) is 0 Å². The van der Waals surface area contributed by atoms with Crippen molar-refractivity contribution in [1.29, 1.82) is 0 Å². The lowest BCUT2D eigenvalue weighted by Gasteiger charge is -2.49. The maximum Gasteiger partial charge on any atom is 0.0720 e. The first-order valence-corrected chi connectivity index (χ1v) is 29.2. The van der Waals surface area contributed by atoms with Crippen LogP contribution >= 0.6 is 0 Å². The maximum absolute atomic E-state index is 2.55. The van der Waals surface area contributed by atoms with Crippen molar-refractivity contribution >= 4 is 55.7 Å². The van der Waals surface area contributed by atoms with E-state index in [9.17, 15) is 0 Å². The number of para-hydroxylation sites is 2. The second-order valence-corrected chi connectivity index (χ2v) is 22.6. The number of hydrogen-bond donors (Lipinski definition) is 0. The molecule has 2 spiro atoms. The summed E-state index contributed by atoms with van der Waals surface area (Å²) >= 11 is 0. The fraction of sp³-hybridized carbons (Fsp3) is 0.0244. The van der Waals surface area contributed by atoms with E-state index in [-0.39, 0.29) is 0 Å². The van der Waals surface area contributed by atoms with Crippen LogP contribution in [-0.2, 0) is 10.8 Å². The van der Waals surface area contributed by atoms with Gasteiger partial charge in [-0.1, -0.05) is 267 Å². The van der Waals surface area contributed by atoms with E-state index in [0.29, 0.717) is 0 Å². The van der Waals surface area contributed by atoms with Crippen LogP contribution in [0.25, 0.3) is 66.1 Å². The highest BCUT2D eigenvalue weighted by molar-refractivity contribution is 6.22. The highest BCUT2D eigenvalue weighted by Crippen LogP contribution is 2.68. The van der Waals surface area contributed by atoms with Gasteiger partial charge in [0.1, 0.15) is 0 Å². The highest BCUT2D eigenvalue weighted by Gasteiger charge is 2.59. The van der Waals surface area contributed by atoms with Crippen LogP contribution in [0.3, 0.4) is 0 Å². The Morgan fingerprint density at radius 2 is 0.500 bits per heavy atom. The molecule has 14 aromatic carbocycles. The molecule has 0 bridgehead atoms. The van der Waals surface area contributed by atoms with Gasteiger partial charge in [-0.3, -0.25) is 0 Å². The molecule has 392 valence electrons. The zero-order chi connectivity index (χ0) is 55.3. The Bertz CT molecular complexity index is 4740. The minimum atomic E-state index is -0.604. The van der Waals surface area contributed by atoms with Crippen LogP contribution in [0, 0.1) is 0 Å². The fourth-order valence-electron chi connectivity index (χ4n) is 15.2. The van der Waals surface area contributed by atoms with Crippen molar-refractivity contribution in [3.8, 4) is 44.5 Å². The number of hydrogen-bond acceptors (Lipinski definition) is 2. The Morgan fingerprint density at radius 1 is 0.190 bits per heavy atom. The molecule has 0 fully saturated rings. The zero-order valence-corrected chi connectivity index (χ0v) is 46.1. The average molecular weight is 1070 g/mol. The van der Waals surface area contributed by atoms with Crippen LogP contribution in [0.4, 0.5) is 34.1 Å². The molecule has 3 aliphatic rings. The van der Waals surface area contributed by atoms with Gasteiger partial charge < -0.3 is 9.80 Å². The SMILES string of the molecule is c1ccc(-c2c3ccccc3c(N(c3ccccc3)c3ccc(-c4ccc(N(c5ccccc5)c5ccc6c(c5)C5(c7ccccc7-c7ccccc75)c5ccccc5C65c6ccccc6-c6ccccc65)cc4)cc3)c3ccccc23)cc1. The molecule has 3 aliphatic carbocycles. The minimum Gasteiger partial charge on any atom is -0.310 e. The Balaban J connectivity index is 0.818. The van der Waals surface area contributed by atoms with Crippen LogP contribution in [0.5, 0.6) is 0 Å². The van der Waals surface area contributed by atoms with Crippen molar-refractivity contribution < 1.29 is 0 Å². The van der Waals surface area contributed by atoms with E-state index in [4.69, 9.17) is 0 Å². The van der Waals surface area contributed by atoms with E-state index in [0.717, 1.165) is 45.3 Å². The Labute approximate surface area is 490 Å². The molecule has 2 nitrogen and oxygen atoms in total. The first-order valence-electron chi connectivity index (χ1n) is 29.2. The molecule has 84 heavy (non-hydrogen) atoms. The summed E-state index contributed by atoms with van der Waals surface area (Å²) in [7, 11) is 0. The molecule has 0 saturated carbocycles. The molecule has 0 unspecified atom stereocenters. The molecule has 0 aromatic heterocycles. The lowest BCUT2D eigenvalue weighted by Crippen LogP contribution is -2.43. The molecule has 2 heteroatoms. The summed E-state index contributed by atoms with van der Waals surface area (Å²) in [5.41, 5.74) is 26.0. The van der Waals surface area contributed by atoms with Gasteiger partial charge in [0.25, 0.3) is 0 Å². The van der Waals surface area contributed by atoms with E-state index in [2.05, 4.69) is 337 Å². The molecule has 0 amide bonds. The van der Waals surface area contributed by atoms with E-state index < -0.39 is 10.8 Å². The van der Waals surface area contributed by atoms with Crippen molar-refractivity contribution in [2.24, 2.45) is 0 Å². The third-order valence-electron chi connectivity index (χ3n) is 18.5. The molecule has 0 saturated heterocycles. The zero-order valence-electron chi connectivity index (χ0n) is 46.1. The molecular weight excluding hydrogens is 1010 g/mol. The third kappa shape index (κ3) is 6.80. The topological polar surface area (TPSA) is 6.48 Å². The normalized spacial score (nSPS) is 13.4. The smallest absolute Gasteiger partial charge is 0.0720 e. The van der Waals surface area contributed by atoms with Gasteiger partial charge in [0, 0.05) is 39.2 Å². The second-order valence-electron chi connectivity index (χ2n) is 22.6. The molecule has 0 aliphatic heterocycles. The summed E-state index contributed by atoms with van der Waals surface area (Å²) < 4.78 is 0. The van der Waals surface area contributed by atoms with Gasteiger partial charge in [0.15, 0.2) is 0 Å². The first kappa shape index (κ1) is 48.0. The van der Waals surface area contributed by atoms with Crippen molar-refractivity contribution in [3.05, 3.63) is 372 Å². The first-order chi connectivity index (χ1) is 41.7. The standard InChI is InChI=1S/C82H54N2/c1-4-24-57(25-5-1)79-67-34-10-12-36-69(67)80(70-37-13-11-35-68(70)79)84(59-28-8-3-9-29-59)61-50-46-56(47-51-61)55-44-48-60(49-45-55)83(58-26-6-2-7-27-58)62-52-53-77-78(54-62)82(73-40-20-16-32-65(73)66-33-17-21-41-74(66)82)76-43-23-22-42-75(76)81(77)71-38-18-14-30-63(71)64-31-15-19-39-72(64)81/h1-54H. The third-order valence-corrected chi connectivity index (χ3v) is 18.5. The summed E-state index contributed by atoms with van der Waals surface area (Å²) in [6, 6.07) is 122. The van der Waals surface area contributed by atoms with Crippen LogP contribution < -0.4 is 9.80 Å². The number of fused-ring (bicyclic) bond motifs is 18. The van der Waals surface area contributed by atoms with Crippen LogP contribution in [0.1, 0.15) is 44.5 Å². The molecule has 0 heterocycles. The molecule has 14 aromatic rings. The van der Waals surface area contributed by atoms with E-state index in [1.807, 2.05) is 0 Å².